The third-order valence-corrected chi connectivity index (χ3v) is 6.28. The molecule has 4 nitrogen and oxygen atoms in total. The fraction of sp³-hybridized carbons (Fsp3) is 0.208. The van der Waals surface area contributed by atoms with Crippen LogP contribution in [0, 0.1) is 15.3 Å². The summed E-state index contributed by atoms with van der Waals surface area (Å²) >= 11 is 2.23. The Morgan fingerprint density at radius 3 is 2.23 bits per heavy atom. The number of aliphatic hydroxyl groups is 1. The molecule has 1 aliphatic rings. The first-order valence-corrected chi connectivity index (χ1v) is 10.8. The lowest BCUT2D eigenvalue weighted by Gasteiger charge is -2.48. The summed E-state index contributed by atoms with van der Waals surface area (Å²) in [7, 11) is 0. The van der Waals surface area contributed by atoms with Gasteiger partial charge in [0.25, 0.3) is 0 Å². The van der Waals surface area contributed by atoms with Gasteiger partial charge in [0.05, 0.1) is 18.1 Å². The first kappa shape index (κ1) is 20.8. The molecule has 1 fully saturated rings. The highest BCUT2D eigenvalue weighted by Gasteiger charge is 2.48. The van der Waals surface area contributed by atoms with Gasteiger partial charge in [-0.15, -0.1) is 0 Å². The summed E-state index contributed by atoms with van der Waals surface area (Å²) in [5.41, 5.74) is 2.40. The highest BCUT2D eigenvalue weighted by molar-refractivity contribution is 14.1. The Kier molecular flexibility index (Phi) is 6.06. The van der Waals surface area contributed by atoms with Crippen molar-refractivity contribution in [2.45, 2.75) is 25.0 Å². The lowest BCUT2D eigenvalue weighted by Crippen LogP contribution is -2.55. The largest absolute Gasteiger partial charge is 0.508 e. The second kappa shape index (κ2) is 8.73. The van der Waals surface area contributed by atoms with E-state index in [0.29, 0.717) is 18.4 Å². The average Bonchev–Trinajstić information content (AvgIpc) is 2.74. The minimum absolute atomic E-state index is 0.0144. The van der Waals surface area contributed by atoms with Crippen molar-refractivity contribution in [2.24, 2.45) is 5.92 Å². The zero-order chi connectivity index (χ0) is 21.3. The van der Waals surface area contributed by atoms with Gasteiger partial charge in [-0.3, -0.25) is 4.79 Å². The molecule has 2 N–H and O–H groups in total. The van der Waals surface area contributed by atoms with E-state index in [0.717, 1.165) is 14.8 Å². The van der Waals surface area contributed by atoms with Crippen LogP contribution in [0.3, 0.4) is 0 Å². The Bertz CT molecular complexity index is 1020. The normalized spacial score (nSPS) is 19.4. The summed E-state index contributed by atoms with van der Waals surface area (Å²) < 4.78 is 14.2. The topological polar surface area (TPSA) is 60.8 Å². The monoisotopic (exact) mass is 517 g/mol. The summed E-state index contributed by atoms with van der Waals surface area (Å²) in [6.07, 6.45) is 0.146. The Balaban J connectivity index is 1.55. The number of hydrogen-bond acceptors (Lipinski definition) is 3. The number of aliphatic hydroxyl groups excluding tert-OH is 1. The van der Waals surface area contributed by atoms with Crippen LogP contribution in [0.4, 0.5) is 10.1 Å². The molecule has 0 radical (unpaired) electrons. The molecule has 3 atom stereocenters. The van der Waals surface area contributed by atoms with Gasteiger partial charge in [0.15, 0.2) is 0 Å². The fourth-order valence-corrected chi connectivity index (χ4v) is 4.32. The van der Waals surface area contributed by atoms with Gasteiger partial charge in [-0.1, -0.05) is 24.3 Å². The van der Waals surface area contributed by atoms with Gasteiger partial charge in [-0.05, 0) is 95.1 Å². The number of halogens is 2. The highest BCUT2D eigenvalue weighted by Crippen LogP contribution is 2.46. The molecule has 0 saturated carbocycles. The summed E-state index contributed by atoms with van der Waals surface area (Å²) in [6.45, 7) is 0. The zero-order valence-electron chi connectivity index (χ0n) is 16.1. The SMILES string of the molecule is O=C1[C@H](CCC(O)c2ccc(F)cc2)[C@@H](c2ccc(O)cc2)N1c1ccc(I)cc1. The van der Waals surface area contributed by atoms with E-state index < -0.39 is 6.10 Å². The summed E-state index contributed by atoms with van der Waals surface area (Å²) in [6, 6.07) is 20.3. The second-order valence-electron chi connectivity index (χ2n) is 7.47. The molecule has 1 heterocycles. The number of carbonyl (C=O) groups excluding carboxylic acids is 1. The average molecular weight is 517 g/mol. The smallest absolute Gasteiger partial charge is 0.233 e. The van der Waals surface area contributed by atoms with Crippen molar-refractivity contribution in [1.29, 1.82) is 0 Å². The highest BCUT2D eigenvalue weighted by atomic mass is 127. The van der Waals surface area contributed by atoms with Crippen molar-refractivity contribution < 1.29 is 19.4 Å². The molecule has 30 heavy (non-hydrogen) atoms. The summed E-state index contributed by atoms with van der Waals surface area (Å²) in [5.74, 6) is -0.432. The van der Waals surface area contributed by atoms with Gasteiger partial charge in [0, 0.05) is 9.26 Å². The Labute approximate surface area is 188 Å². The minimum atomic E-state index is -0.758. The predicted octanol–water partition coefficient (Wildman–Crippen LogP) is 5.35. The van der Waals surface area contributed by atoms with Crippen molar-refractivity contribution in [3.8, 4) is 5.75 Å². The van der Waals surface area contributed by atoms with E-state index in [4.69, 9.17) is 0 Å². The van der Waals surface area contributed by atoms with E-state index in [1.54, 1.807) is 29.2 Å². The quantitative estimate of drug-likeness (QED) is 0.342. The molecule has 0 aromatic heterocycles. The maximum atomic E-state index is 13.1. The first-order chi connectivity index (χ1) is 14.4. The third kappa shape index (κ3) is 4.20. The Morgan fingerprint density at radius 2 is 1.60 bits per heavy atom. The van der Waals surface area contributed by atoms with E-state index in [2.05, 4.69) is 22.6 Å². The van der Waals surface area contributed by atoms with Crippen LogP contribution in [0.25, 0.3) is 0 Å². The second-order valence-corrected chi connectivity index (χ2v) is 8.72. The number of phenolic OH excluding ortho intramolecular Hbond substituents is 1. The Morgan fingerprint density at radius 1 is 0.967 bits per heavy atom. The minimum Gasteiger partial charge on any atom is -0.508 e. The number of hydrogen-bond donors (Lipinski definition) is 2. The number of amides is 1. The first-order valence-electron chi connectivity index (χ1n) is 9.75. The molecule has 0 aliphatic carbocycles. The third-order valence-electron chi connectivity index (χ3n) is 5.56. The van der Waals surface area contributed by atoms with Gasteiger partial charge < -0.3 is 15.1 Å². The van der Waals surface area contributed by atoms with Gasteiger partial charge in [0.1, 0.15) is 11.6 Å². The molecule has 1 unspecified atom stereocenters. The van der Waals surface area contributed by atoms with Crippen LogP contribution in [0.1, 0.15) is 36.1 Å². The predicted molar refractivity (Wildman–Crippen MR) is 122 cm³/mol. The van der Waals surface area contributed by atoms with Crippen LogP contribution in [-0.4, -0.2) is 16.1 Å². The fourth-order valence-electron chi connectivity index (χ4n) is 3.96. The van der Waals surface area contributed by atoms with E-state index in [1.165, 1.54) is 12.1 Å². The number of rotatable bonds is 6. The van der Waals surface area contributed by atoms with Crippen LogP contribution in [0.15, 0.2) is 72.8 Å². The van der Waals surface area contributed by atoms with Gasteiger partial charge in [-0.2, -0.15) is 0 Å². The Hall–Kier alpha value is -2.45. The van der Waals surface area contributed by atoms with Crippen molar-refractivity contribution >= 4 is 34.2 Å². The van der Waals surface area contributed by atoms with Crippen LogP contribution >= 0.6 is 22.6 Å². The van der Waals surface area contributed by atoms with Gasteiger partial charge in [0.2, 0.25) is 5.91 Å². The molecule has 154 valence electrons. The molecular formula is C24H21FINO3. The molecule has 1 amide bonds. The van der Waals surface area contributed by atoms with E-state index in [1.807, 2.05) is 36.4 Å². The lowest BCUT2D eigenvalue weighted by atomic mass is 9.78. The molecule has 0 bridgehead atoms. The molecule has 3 aromatic carbocycles. The van der Waals surface area contributed by atoms with Crippen molar-refractivity contribution in [3.63, 3.8) is 0 Å². The standard InChI is InChI=1S/C24H21FINO3/c25-17-5-1-15(2-6-17)22(29)14-13-21-23(16-3-11-20(28)12-4-16)27(24(21)30)19-9-7-18(26)8-10-19/h1-12,21-23,28-29H,13-14H2/t21-,22?,23-/m1/s1. The molecule has 1 saturated heterocycles. The van der Waals surface area contributed by atoms with E-state index in [-0.39, 0.29) is 29.4 Å². The van der Waals surface area contributed by atoms with E-state index >= 15 is 0 Å². The van der Waals surface area contributed by atoms with Crippen molar-refractivity contribution in [3.05, 3.63) is 93.3 Å². The van der Waals surface area contributed by atoms with E-state index in [9.17, 15) is 19.4 Å². The van der Waals surface area contributed by atoms with Crippen LogP contribution in [-0.2, 0) is 4.79 Å². The molecule has 0 spiro atoms. The van der Waals surface area contributed by atoms with Crippen LogP contribution < -0.4 is 4.90 Å². The molecule has 6 heteroatoms. The van der Waals surface area contributed by atoms with Crippen LogP contribution in [0.5, 0.6) is 5.75 Å². The zero-order valence-corrected chi connectivity index (χ0v) is 18.2. The summed E-state index contributed by atoms with van der Waals surface area (Å²) in [5, 5.41) is 20.1. The number of nitrogens with zero attached hydrogens (tertiary/aromatic N) is 1. The van der Waals surface area contributed by atoms with Gasteiger partial charge >= 0.3 is 0 Å². The molecule has 4 rings (SSSR count). The number of benzene rings is 3. The number of phenols is 1. The summed E-state index contributed by atoms with van der Waals surface area (Å²) in [4.78, 5) is 14.8. The van der Waals surface area contributed by atoms with Gasteiger partial charge in [-0.25, -0.2) is 4.39 Å². The molecular weight excluding hydrogens is 496 g/mol. The molecule has 1 aliphatic heterocycles. The molecule has 3 aromatic rings. The number of anilines is 1. The number of aromatic hydroxyl groups is 1. The maximum Gasteiger partial charge on any atom is 0.233 e. The number of carbonyl (C=O) groups is 1. The lowest BCUT2D eigenvalue weighted by molar-refractivity contribution is -0.131. The number of β-lactam (4-membered cyclic amide) rings is 1. The van der Waals surface area contributed by atoms with Crippen molar-refractivity contribution in [1.82, 2.24) is 0 Å². The maximum absolute atomic E-state index is 13.1. The van der Waals surface area contributed by atoms with Crippen molar-refractivity contribution in [2.75, 3.05) is 4.90 Å². The van der Waals surface area contributed by atoms with Crippen LogP contribution in [0.2, 0.25) is 0 Å².